The van der Waals surface area contributed by atoms with Crippen LogP contribution < -0.4 is 14.8 Å². The van der Waals surface area contributed by atoms with Crippen LogP contribution in [0.3, 0.4) is 0 Å². The Morgan fingerprint density at radius 2 is 1.70 bits per heavy atom. The number of nitroso groups, excluding NO2 is 1. The van der Waals surface area contributed by atoms with Gasteiger partial charge in [-0.3, -0.25) is 9.59 Å². The number of nitrogens with zero attached hydrogens (tertiary/aromatic N) is 1. The molecule has 0 aliphatic carbocycles. The third kappa shape index (κ3) is 6.17. The average Bonchev–Trinajstić information content (AvgIpc) is 2.98. The van der Waals surface area contributed by atoms with E-state index in [-0.39, 0.29) is 17.5 Å². The Hall–Kier alpha value is -4.20. The summed E-state index contributed by atoms with van der Waals surface area (Å²) in [7, 11) is 0. The highest BCUT2D eigenvalue weighted by atomic mass is 35.5. The minimum Gasteiger partial charge on any atom is -0.493 e. The zero-order chi connectivity index (χ0) is 28.1. The van der Waals surface area contributed by atoms with E-state index in [2.05, 4.69) is 10.5 Å². The lowest BCUT2D eigenvalue weighted by atomic mass is 9.92. The number of hydrogen-bond acceptors (Lipinski definition) is 5. The second-order valence-corrected chi connectivity index (χ2v) is 10.1. The van der Waals surface area contributed by atoms with Gasteiger partial charge in [0.1, 0.15) is 17.2 Å². The number of ether oxygens (including phenoxy) is 2. The molecule has 1 unspecified atom stereocenters. The van der Waals surface area contributed by atoms with Crippen LogP contribution in [0.5, 0.6) is 17.2 Å². The summed E-state index contributed by atoms with van der Waals surface area (Å²) in [5.41, 5.74) is 4.07. The van der Waals surface area contributed by atoms with Gasteiger partial charge in [-0.1, -0.05) is 65.7 Å². The third-order valence-corrected chi connectivity index (χ3v) is 7.32. The number of halogens is 2. The second kappa shape index (κ2) is 12.3. The Morgan fingerprint density at radius 1 is 0.925 bits per heavy atom. The molecule has 1 aliphatic rings. The van der Waals surface area contributed by atoms with Gasteiger partial charge in [-0.25, -0.2) is 0 Å². The number of amides is 2. The number of benzene rings is 4. The van der Waals surface area contributed by atoms with Crippen molar-refractivity contribution in [1.29, 1.82) is 0 Å². The predicted molar refractivity (Wildman–Crippen MR) is 155 cm³/mol. The summed E-state index contributed by atoms with van der Waals surface area (Å²) in [6.07, 6.45) is 0.945. The van der Waals surface area contributed by atoms with E-state index in [1.165, 1.54) is 0 Å². The maximum atomic E-state index is 12.7. The largest absolute Gasteiger partial charge is 0.493 e. The predicted octanol–water partition coefficient (Wildman–Crippen LogP) is 7.58. The molecule has 4 aromatic carbocycles. The molecule has 1 heterocycles. The van der Waals surface area contributed by atoms with Crippen molar-refractivity contribution in [2.75, 3.05) is 13.2 Å². The normalized spacial score (nSPS) is 14.0. The van der Waals surface area contributed by atoms with E-state index < -0.39 is 11.8 Å². The van der Waals surface area contributed by atoms with E-state index >= 15 is 0 Å². The quantitative estimate of drug-likeness (QED) is 0.219. The summed E-state index contributed by atoms with van der Waals surface area (Å²) in [4.78, 5) is 35.3. The molecule has 202 valence electrons. The fourth-order valence-electron chi connectivity index (χ4n) is 4.56. The minimum absolute atomic E-state index is 0.219. The highest BCUT2D eigenvalue weighted by Gasteiger charge is 2.30. The molecule has 1 aliphatic heterocycles. The smallest absolute Gasteiger partial charge is 0.294 e. The van der Waals surface area contributed by atoms with Crippen LogP contribution in [0, 0.1) is 4.91 Å². The van der Waals surface area contributed by atoms with Gasteiger partial charge >= 0.3 is 0 Å². The molecule has 7 nitrogen and oxygen atoms in total. The van der Waals surface area contributed by atoms with E-state index in [1.807, 2.05) is 48.5 Å². The summed E-state index contributed by atoms with van der Waals surface area (Å²) in [6, 6.07) is 25.7. The summed E-state index contributed by atoms with van der Waals surface area (Å²) in [5.74, 6) is -0.467. The molecule has 0 radical (unpaired) electrons. The average molecular weight is 575 g/mol. The lowest BCUT2D eigenvalue weighted by molar-refractivity contribution is -0.119. The van der Waals surface area contributed by atoms with Crippen LogP contribution >= 0.6 is 23.2 Å². The van der Waals surface area contributed by atoms with Gasteiger partial charge < -0.3 is 14.8 Å². The van der Waals surface area contributed by atoms with Crippen molar-refractivity contribution in [2.24, 2.45) is 5.18 Å². The van der Waals surface area contributed by atoms with E-state index in [1.54, 1.807) is 36.4 Å². The number of rotatable bonds is 8. The van der Waals surface area contributed by atoms with Crippen molar-refractivity contribution in [3.63, 3.8) is 0 Å². The van der Waals surface area contributed by atoms with Crippen molar-refractivity contribution < 1.29 is 19.1 Å². The van der Waals surface area contributed by atoms with Crippen LogP contribution in [0.15, 0.2) is 90.1 Å². The van der Waals surface area contributed by atoms with Crippen LogP contribution in [0.2, 0.25) is 10.0 Å². The van der Waals surface area contributed by atoms with Crippen LogP contribution in [0.25, 0.3) is 11.1 Å². The lowest BCUT2D eigenvalue weighted by Crippen LogP contribution is -2.25. The van der Waals surface area contributed by atoms with Crippen molar-refractivity contribution in [3.8, 4) is 28.4 Å². The fraction of sp³-hybridized carbons (Fsp3) is 0.161. The van der Waals surface area contributed by atoms with Gasteiger partial charge in [-0.15, -0.1) is 4.91 Å². The zero-order valence-electron chi connectivity index (χ0n) is 21.2. The fourth-order valence-corrected chi connectivity index (χ4v) is 5.05. The van der Waals surface area contributed by atoms with Crippen molar-refractivity contribution in [1.82, 2.24) is 5.32 Å². The molecule has 40 heavy (non-hydrogen) atoms. The van der Waals surface area contributed by atoms with E-state index in [4.69, 9.17) is 32.7 Å². The highest BCUT2D eigenvalue weighted by molar-refractivity contribution is 6.32. The minimum atomic E-state index is -0.757. The van der Waals surface area contributed by atoms with Gasteiger partial charge in [0.05, 0.1) is 17.5 Å². The van der Waals surface area contributed by atoms with E-state index in [9.17, 15) is 14.5 Å². The first kappa shape index (κ1) is 27.4. The Kier molecular flexibility index (Phi) is 8.43. The summed E-state index contributed by atoms with van der Waals surface area (Å²) >= 11 is 12.9. The molecule has 0 spiro atoms. The zero-order valence-corrected chi connectivity index (χ0v) is 22.7. The number of nitrogens with one attached hydrogen (secondary N) is 1. The summed E-state index contributed by atoms with van der Waals surface area (Å²) in [5, 5.41) is 6.38. The van der Waals surface area contributed by atoms with E-state index in [0.29, 0.717) is 52.8 Å². The van der Waals surface area contributed by atoms with Crippen molar-refractivity contribution in [2.45, 2.75) is 18.8 Å². The van der Waals surface area contributed by atoms with Gasteiger partial charge in [0.15, 0.2) is 0 Å². The van der Waals surface area contributed by atoms with E-state index in [0.717, 1.165) is 16.7 Å². The summed E-state index contributed by atoms with van der Waals surface area (Å²) in [6.45, 7) is 0.699. The first-order chi connectivity index (χ1) is 19.4. The molecule has 0 fully saturated rings. The van der Waals surface area contributed by atoms with Crippen molar-refractivity contribution >= 4 is 35.0 Å². The van der Waals surface area contributed by atoms with Gasteiger partial charge in [0, 0.05) is 33.9 Å². The monoisotopic (exact) mass is 574 g/mol. The molecule has 0 saturated carbocycles. The first-order valence-corrected chi connectivity index (χ1v) is 13.4. The van der Waals surface area contributed by atoms with Crippen molar-refractivity contribution in [3.05, 3.63) is 117 Å². The third-order valence-electron chi connectivity index (χ3n) is 6.68. The standard InChI is InChI=1S/C31H24Cl2N2O5/c32-26-16-22(19-4-2-1-3-5-19)7-6-20(26)12-14-34-30(36)21-8-10-23(11-9-21)40-29-18-28-25(17-27(29)33)24(13-15-39-28)31(37)35-38/h1-11,16-18,24H,12-15H2,(H,34,36). The topological polar surface area (TPSA) is 94.1 Å². The summed E-state index contributed by atoms with van der Waals surface area (Å²) < 4.78 is 11.5. The Bertz CT molecular complexity index is 1560. The van der Waals surface area contributed by atoms with Gasteiger partial charge in [-0.2, -0.15) is 0 Å². The second-order valence-electron chi connectivity index (χ2n) is 9.24. The first-order valence-electron chi connectivity index (χ1n) is 12.7. The Labute approximate surface area is 241 Å². The molecule has 2 amide bonds. The molecule has 0 aromatic heterocycles. The molecular weight excluding hydrogens is 551 g/mol. The molecule has 0 bridgehead atoms. The van der Waals surface area contributed by atoms with Gasteiger partial charge in [0.2, 0.25) is 0 Å². The highest BCUT2D eigenvalue weighted by Crippen LogP contribution is 2.42. The number of carbonyl (C=O) groups excluding carboxylic acids is 2. The molecule has 9 heteroatoms. The van der Waals surface area contributed by atoms with Crippen LogP contribution in [-0.4, -0.2) is 25.0 Å². The molecule has 1 atom stereocenters. The van der Waals surface area contributed by atoms with Crippen LogP contribution in [0.1, 0.15) is 33.8 Å². The molecular formula is C31H24Cl2N2O5. The van der Waals surface area contributed by atoms with Crippen LogP contribution in [0.4, 0.5) is 0 Å². The molecule has 5 rings (SSSR count). The molecule has 1 N–H and O–H groups in total. The molecule has 4 aromatic rings. The van der Waals surface area contributed by atoms with Gasteiger partial charge in [-0.05, 0) is 65.9 Å². The van der Waals surface area contributed by atoms with Crippen LogP contribution in [-0.2, 0) is 11.2 Å². The lowest BCUT2D eigenvalue weighted by Gasteiger charge is -2.24. The van der Waals surface area contributed by atoms with Gasteiger partial charge in [0.25, 0.3) is 11.8 Å². The number of hydrogen-bond donors (Lipinski definition) is 1. The maximum Gasteiger partial charge on any atom is 0.294 e. The number of fused-ring (bicyclic) bond motifs is 1. The SMILES string of the molecule is O=NC(=O)C1CCOc2cc(Oc3ccc(C(=O)NCCc4ccc(-c5ccccc5)cc4Cl)cc3)c(Cl)cc21. The molecule has 0 saturated heterocycles. The maximum absolute atomic E-state index is 12.7. The number of carbonyl (C=O) groups is 2. The Balaban J connectivity index is 1.18. The Morgan fingerprint density at radius 3 is 2.42 bits per heavy atom.